The van der Waals surface area contributed by atoms with Gasteiger partial charge in [0.25, 0.3) is 0 Å². The molecule has 1 aliphatic heterocycles. The molecular weight excluding hydrogens is 394 g/mol. The van der Waals surface area contributed by atoms with Crippen LogP contribution >= 0.6 is 23.1 Å². The van der Waals surface area contributed by atoms with Crippen LogP contribution in [0.5, 0.6) is 5.75 Å². The minimum atomic E-state index is -0.340. The lowest BCUT2D eigenvalue weighted by Gasteiger charge is -2.35. The van der Waals surface area contributed by atoms with Crippen LogP contribution in [-0.2, 0) is 14.3 Å². The Kier molecular flexibility index (Phi) is 7.15. The second-order valence-corrected chi connectivity index (χ2v) is 9.44. The molecule has 0 unspecified atom stereocenters. The molecular formula is C21H25NO4S2. The normalized spacial score (nSPS) is 19.2. The number of hydrogen-bond acceptors (Lipinski definition) is 6. The SMILES string of the molecule is CCC(=O)COc1ccc(-c2ccc([C@@]3(CC(=O)NO)CCCCS3)s2)cc1. The maximum atomic E-state index is 11.9. The van der Waals surface area contributed by atoms with Gasteiger partial charge in [0.2, 0.25) is 5.91 Å². The van der Waals surface area contributed by atoms with Crippen molar-refractivity contribution in [3.8, 4) is 16.2 Å². The first-order valence-electron chi connectivity index (χ1n) is 9.48. The van der Waals surface area contributed by atoms with Gasteiger partial charge in [0.1, 0.15) is 12.4 Å². The third-order valence-electron chi connectivity index (χ3n) is 4.91. The van der Waals surface area contributed by atoms with Crippen LogP contribution in [0, 0.1) is 0 Å². The molecule has 2 heterocycles. The number of amides is 1. The number of hydrogen-bond donors (Lipinski definition) is 2. The van der Waals surface area contributed by atoms with Crippen molar-refractivity contribution in [2.75, 3.05) is 12.4 Å². The van der Waals surface area contributed by atoms with Gasteiger partial charge in [-0.25, -0.2) is 5.48 Å². The van der Waals surface area contributed by atoms with Gasteiger partial charge in [-0.3, -0.25) is 14.8 Å². The molecule has 5 nitrogen and oxygen atoms in total. The molecule has 0 aliphatic carbocycles. The maximum Gasteiger partial charge on any atom is 0.245 e. The van der Waals surface area contributed by atoms with Crippen LogP contribution in [0.2, 0.25) is 0 Å². The molecule has 0 saturated carbocycles. The van der Waals surface area contributed by atoms with E-state index >= 15 is 0 Å². The van der Waals surface area contributed by atoms with E-state index in [-0.39, 0.29) is 29.5 Å². The largest absolute Gasteiger partial charge is 0.486 e. The van der Waals surface area contributed by atoms with E-state index in [4.69, 9.17) is 9.94 Å². The molecule has 1 aromatic heterocycles. The minimum absolute atomic E-state index is 0.0779. The zero-order valence-corrected chi connectivity index (χ0v) is 17.5. The summed E-state index contributed by atoms with van der Waals surface area (Å²) in [5, 5.41) is 8.99. The van der Waals surface area contributed by atoms with Crippen molar-refractivity contribution in [2.24, 2.45) is 0 Å². The molecule has 0 bridgehead atoms. The summed E-state index contributed by atoms with van der Waals surface area (Å²) in [6, 6.07) is 11.9. The average Bonchev–Trinajstić information content (AvgIpc) is 3.24. The van der Waals surface area contributed by atoms with Gasteiger partial charge in [0.15, 0.2) is 5.78 Å². The number of Topliss-reactive ketones (excluding diaryl/α,β-unsaturated/α-hetero) is 1. The van der Waals surface area contributed by atoms with Gasteiger partial charge >= 0.3 is 0 Å². The van der Waals surface area contributed by atoms with Crippen LogP contribution in [-0.4, -0.2) is 29.3 Å². The topological polar surface area (TPSA) is 75.6 Å². The summed E-state index contributed by atoms with van der Waals surface area (Å²) in [6.45, 7) is 1.93. The quantitative estimate of drug-likeness (QED) is 0.476. The molecule has 7 heteroatoms. The summed E-state index contributed by atoms with van der Waals surface area (Å²) in [5.74, 6) is 1.44. The zero-order chi connectivity index (χ0) is 20.0. The van der Waals surface area contributed by atoms with Gasteiger partial charge in [-0.05, 0) is 60.6 Å². The highest BCUT2D eigenvalue weighted by Crippen LogP contribution is 2.50. The van der Waals surface area contributed by atoms with Gasteiger partial charge in [-0.15, -0.1) is 23.1 Å². The summed E-state index contributed by atoms with van der Waals surface area (Å²) >= 11 is 3.51. The van der Waals surface area contributed by atoms with Crippen LogP contribution in [0.3, 0.4) is 0 Å². The molecule has 0 radical (unpaired) electrons. The molecule has 1 atom stereocenters. The molecule has 3 rings (SSSR count). The van der Waals surface area contributed by atoms with Crippen LogP contribution < -0.4 is 10.2 Å². The first-order valence-corrected chi connectivity index (χ1v) is 11.3. The highest BCUT2D eigenvalue weighted by molar-refractivity contribution is 8.00. The highest BCUT2D eigenvalue weighted by Gasteiger charge is 2.38. The first kappa shape index (κ1) is 20.9. The lowest BCUT2D eigenvalue weighted by atomic mass is 9.94. The Hall–Kier alpha value is -1.83. The van der Waals surface area contributed by atoms with Crippen LogP contribution in [0.15, 0.2) is 36.4 Å². The van der Waals surface area contributed by atoms with Crippen LogP contribution in [0.25, 0.3) is 10.4 Å². The Bertz CT molecular complexity index is 810. The summed E-state index contributed by atoms with van der Waals surface area (Å²) < 4.78 is 5.24. The number of ether oxygens (including phenoxy) is 1. The van der Waals surface area contributed by atoms with E-state index in [1.165, 1.54) is 4.88 Å². The van der Waals surface area contributed by atoms with Crippen LogP contribution in [0.4, 0.5) is 0 Å². The fraction of sp³-hybridized carbons (Fsp3) is 0.429. The number of carbonyl (C=O) groups excluding carboxylic acids is 2. The molecule has 2 N–H and O–H groups in total. The molecule has 150 valence electrons. The third-order valence-corrected chi connectivity index (χ3v) is 7.99. The molecule has 1 fully saturated rings. The van der Waals surface area contributed by atoms with E-state index in [2.05, 4.69) is 12.1 Å². The molecule has 1 amide bonds. The lowest BCUT2D eigenvalue weighted by molar-refractivity contribution is -0.129. The standard InChI is InChI=1S/C21H25NO4S2/c1-2-16(23)14-26-17-7-5-15(6-8-17)18-9-10-19(28-18)21(13-20(24)22-25)11-3-4-12-27-21/h5-10,25H,2-4,11-14H2,1H3,(H,22,24)/t21-/m0/s1. The smallest absolute Gasteiger partial charge is 0.245 e. The fourth-order valence-corrected chi connectivity index (χ4v) is 6.19. The Morgan fingerprint density at radius 1 is 1.18 bits per heavy atom. The van der Waals surface area contributed by atoms with E-state index in [9.17, 15) is 9.59 Å². The fourth-order valence-electron chi connectivity index (χ4n) is 3.29. The number of thiophene rings is 1. The minimum Gasteiger partial charge on any atom is -0.486 e. The van der Waals surface area contributed by atoms with E-state index in [1.54, 1.807) is 16.8 Å². The monoisotopic (exact) mass is 419 g/mol. The molecule has 2 aromatic rings. The average molecular weight is 420 g/mol. The van der Waals surface area contributed by atoms with Gasteiger partial charge in [-0.2, -0.15) is 0 Å². The van der Waals surface area contributed by atoms with Gasteiger partial charge in [0, 0.05) is 22.6 Å². The second kappa shape index (κ2) is 9.58. The predicted molar refractivity (Wildman–Crippen MR) is 113 cm³/mol. The van der Waals surface area contributed by atoms with E-state index < -0.39 is 0 Å². The zero-order valence-electron chi connectivity index (χ0n) is 15.9. The van der Waals surface area contributed by atoms with Crippen molar-refractivity contribution in [3.05, 3.63) is 41.3 Å². The molecule has 28 heavy (non-hydrogen) atoms. The maximum absolute atomic E-state index is 11.9. The Morgan fingerprint density at radius 2 is 1.96 bits per heavy atom. The number of benzene rings is 1. The lowest BCUT2D eigenvalue weighted by Crippen LogP contribution is -2.32. The van der Waals surface area contributed by atoms with Crippen LogP contribution in [0.1, 0.15) is 43.9 Å². The van der Waals surface area contributed by atoms with Crippen molar-refractivity contribution in [1.82, 2.24) is 5.48 Å². The Morgan fingerprint density at radius 3 is 2.61 bits per heavy atom. The summed E-state index contributed by atoms with van der Waals surface area (Å²) in [7, 11) is 0. The van der Waals surface area contributed by atoms with Crippen molar-refractivity contribution >= 4 is 34.8 Å². The molecule has 0 spiro atoms. The third kappa shape index (κ3) is 4.96. The van der Waals surface area contributed by atoms with Gasteiger partial charge < -0.3 is 4.74 Å². The molecule has 1 saturated heterocycles. The number of ketones is 1. The second-order valence-electron chi connectivity index (χ2n) is 6.88. The van der Waals surface area contributed by atoms with Crippen molar-refractivity contribution in [1.29, 1.82) is 0 Å². The van der Waals surface area contributed by atoms with E-state index in [0.29, 0.717) is 12.2 Å². The predicted octanol–water partition coefficient (Wildman–Crippen LogP) is 4.78. The van der Waals surface area contributed by atoms with Gasteiger partial charge in [-0.1, -0.05) is 13.3 Å². The van der Waals surface area contributed by atoms with Crippen molar-refractivity contribution in [2.45, 2.75) is 43.8 Å². The first-order chi connectivity index (χ1) is 13.6. The Labute approximate surface area is 173 Å². The van der Waals surface area contributed by atoms with E-state index in [0.717, 1.165) is 35.5 Å². The Balaban J connectivity index is 1.76. The number of nitrogens with one attached hydrogen (secondary N) is 1. The van der Waals surface area contributed by atoms with Crippen molar-refractivity contribution < 1.29 is 19.5 Å². The summed E-state index contributed by atoms with van der Waals surface area (Å²) in [4.78, 5) is 25.6. The summed E-state index contributed by atoms with van der Waals surface area (Å²) in [6.07, 6.45) is 3.94. The summed E-state index contributed by atoms with van der Waals surface area (Å²) in [5.41, 5.74) is 2.87. The number of hydroxylamine groups is 1. The number of rotatable bonds is 8. The van der Waals surface area contributed by atoms with Gasteiger partial charge in [0.05, 0.1) is 4.75 Å². The number of carbonyl (C=O) groups is 2. The van der Waals surface area contributed by atoms with Crippen molar-refractivity contribution in [3.63, 3.8) is 0 Å². The molecule has 1 aliphatic rings. The highest BCUT2D eigenvalue weighted by atomic mass is 32.2. The number of thioether (sulfide) groups is 1. The molecule has 1 aromatic carbocycles. The van der Waals surface area contributed by atoms with E-state index in [1.807, 2.05) is 43.0 Å².